The van der Waals surface area contributed by atoms with Crippen LogP contribution >= 0.6 is 11.6 Å². The van der Waals surface area contributed by atoms with Crippen molar-refractivity contribution in [2.45, 2.75) is 26.2 Å². The van der Waals surface area contributed by atoms with E-state index in [0.717, 1.165) is 31.9 Å². The second-order valence-electron chi connectivity index (χ2n) is 8.72. The number of rotatable bonds is 5. The molecule has 0 aromatic heterocycles. The lowest BCUT2D eigenvalue weighted by Gasteiger charge is -2.32. The summed E-state index contributed by atoms with van der Waals surface area (Å²) in [5, 5.41) is 3.51. The maximum absolute atomic E-state index is 12.3. The first-order valence-corrected chi connectivity index (χ1v) is 10.5. The number of hydrogen-bond donors (Lipinski definition) is 2. The third-order valence-electron chi connectivity index (χ3n) is 5.28. The Morgan fingerprint density at radius 3 is 2.38 bits per heavy atom. The lowest BCUT2D eigenvalue weighted by Crippen LogP contribution is -3.12. The van der Waals surface area contributed by atoms with Gasteiger partial charge >= 0.3 is 0 Å². The van der Waals surface area contributed by atoms with Gasteiger partial charge in [-0.15, -0.1) is 0 Å². The highest BCUT2D eigenvalue weighted by Gasteiger charge is 2.19. The summed E-state index contributed by atoms with van der Waals surface area (Å²) in [4.78, 5) is 16.1. The molecule has 0 unspecified atom stereocenters. The minimum absolute atomic E-state index is 0.0462. The Balaban J connectivity index is 1.53. The second-order valence-corrected chi connectivity index (χ2v) is 9.13. The number of nitrogens with one attached hydrogen (secondary N) is 2. The molecule has 1 amide bonds. The molecule has 5 nitrogen and oxygen atoms in total. The van der Waals surface area contributed by atoms with Crippen molar-refractivity contribution < 1.29 is 14.4 Å². The minimum Gasteiger partial charge on any atom is -0.484 e. The monoisotopic (exact) mass is 416 g/mol. The summed E-state index contributed by atoms with van der Waals surface area (Å²) in [6, 6.07) is 13.5. The quantitative estimate of drug-likeness (QED) is 0.787. The summed E-state index contributed by atoms with van der Waals surface area (Å²) in [5.74, 6) is 0.468. The van der Waals surface area contributed by atoms with Crippen LogP contribution in [-0.2, 0) is 10.2 Å². The molecule has 2 N–H and O–H groups in total. The molecule has 1 aliphatic heterocycles. The predicted octanol–water partition coefficient (Wildman–Crippen LogP) is 2.99. The fraction of sp³-hybridized carbons (Fsp3) is 0.435. The molecule has 1 fully saturated rings. The molecule has 0 aliphatic carbocycles. The molecule has 0 spiro atoms. The maximum Gasteiger partial charge on any atom is 0.262 e. The van der Waals surface area contributed by atoms with Crippen LogP contribution in [0, 0.1) is 0 Å². The molecule has 0 bridgehead atoms. The minimum atomic E-state index is -0.211. The SMILES string of the molecule is C[NH+]1CCN(c2ccc(NC(=O)COc3ccc(C(C)(C)C)cc3)cc2Cl)CC1. The fourth-order valence-electron chi connectivity index (χ4n) is 3.37. The number of ether oxygens (including phenoxy) is 1. The number of halogens is 1. The van der Waals surface area contributed by atoms with Crippen molar-refractivity contribution in [1.82, 2.24) is 0 Å². The van der Waals surface area contributed by atoms with Crippen molar-refractivity contribution in [1.29, 1.82) is 0 Å². The summed E-state index contributed by atoms with van der Waals surface area (Å²) in [5.41, 5.74) is 3.01. The molecule has 0 atom stereocenters. The average Bonchev–Trinajstić information content (AvgIpc) is 2.67. The number of nitrogens with zero attached hydrogens (tertiary/aromatic N) is 1. The zero-order valence-electron chi connectivity index (χ0n) is 17.7. The van der Waals surface area contributed by atoms with Gasteiger partial charge in [-0.3, -0.25) is 4.79 Å². The molecule has 2 aromatic rings. The van der Waals surface area contributed by atoms with Gasteiger partial charge in [0.25, 0.3) is 5.91 Å². The highest BCUT2D eigenvalue weighted by Crippen LogP contribution is 2.29. The molecule has 1 heterocycles. The first kappa shape index (κ1) is 21.5. The van der Waals surface area contributed by atoms with Gasteiger partial charge in [-0.25, -0.2) is 0 Å². The van der Waals surface area contributed by atoms with Gasteiger partial charge in [-0.05, 0) is 41.3 Å². The molecular weight excluding hydrogens is 386 g/mol. The highest BCUT2D eigenvalue weighted by molar-refractivity contribution is 6.33. The van der Waals surface area contributed by atoms with Gasteiger partial charge in [0.1, 0.15) is 5.75 Å². The first-order chi connectivity index (χ1) is 13.7. The van der Waals surface area contributed by atoms with Gasteiger partial charge in [0.15, 0.2) is 6.61 Å². The molecule has 0 saturated carbocycles. The lowest BCUT2D eigenvalue weighted by atomic mass is 9.87. The number of anilines is 2. The van der Waals surface area contributed by atoms with Crippen LogP contribution in [0.1, 0.15) is 26.3 Å². The molecule has 1 saturated heterocycles. The number of hydrogen-bond acceptors (Lipinski definition) is 3. The van der Waals surface area contributed by atoms with Gasteiger partial charge in [0.2, 0.25) is 0 Å². The van der Waals surface area contributed by atoms with Gasteiger partial charge in [0, 0.05) is 5.69 Å². The number of quaternary nitrogens is 1. The Labute approximate surface area is 178 Å². The van der Waals surface area contributed by atoms with E-state index in [1.807, 2.05) is 36.4 Å². The van der Waals surface area contributed by atoms with E-state index in [9.17, 15) is 4.79 Å². The van der Waals surface area contributed by atoms with Crippen molar-refractivity contribution in [2.24, 2.45) is 0 Å². The molecule has 2 aromatic carbocycles. The smallest absolute Gasteiger partial charge is 0.262 e. The van der Waals surface area contributed by atoms with Crippen molar-refractivity contribution >= 4 is 28.9 Å². The average molecular weight is 417 g/mol. The van der Waals surface area contributed by atoms with E-state index in [0.29, 0.717) is 16.5 Å². The number of carbonyl (C=O) groups excluding carboxylic acids is 1. The topological polar surface area (TPSA) is 46.0 Å². The summed E-state index contributed by atoms with van der Waals surface area (Å²) >= 11 is 6.48. The van der Waals surface area contributed by atoms with E-state index in [-0.39, 0.29) is 17.9 Å². The molecule has 3 rings (SSSR count). The Hall–Kier alpha value is -2.24. The lowest BCUT2D eigenvalue weighted by molar-refractivity contribution is -0.880. The van der Waals surface area contributed by atoms with Gasteiger partial charge in [-0.1, -0.05) is 44.5 Å². The first-order valence-electron chi connectivity index (χ1n) is 10.1. The van der Waals surface area contributed by atoms with Crippen LogP contribution in [0.5, 0.6) is 5.75 Å². The number of carbonyl (C=O) groups is 1. The van der Waals surface area contributed by atoms with Crippen molar-refractivity contribution in [2.75, 3.05) is 50.1 Å². The van der Waals surface area contributed by atoms with E-state index in [4.69, 9.17) is 16.3 Å². The summed E-state index contributed by atoms with van der Waals surface area (Å²) in [7, 11) is 2.21. The van der Waals surface area contributed by atoms with Crippen LogP contribution in [-0.4, -0.2) is 45.7 Å². The maximum atomic E-state index is 12.3. The van der Waals surface area contributed by atoms with E-state index in [2.05, 4.69) is 38.0 Å². The molecule has 6 heteroatoms. The van der Waals surface area contributed by atoms with Crippen LogP contribution in [0.3, 0.4) is 0 Å². The van der Waals surface area contributed by atoms with Crippen LogP contribution < -0.4 is 19.9 Å². The Kier molecular flexibility index (Phi) is 6.70. The van der Waals surface area contributed by atoms with E-state index in [1.54, 1.807) is 6.07 Å². The Morgan fingerprint density at radius 2 is 1.79 bits per heavy atom. The van der Waals surface area contributed by atoms with Gasteiger partial charge < -0.3 is 19.9 Å². The Morgan fingerprint density at radius 1 is 1.14 bits per heavy atom. The zero-order valence-corrected chi connectivity index (χ0v) is 18.5. The van der Waals surface area contributed by atoms with E-state index in [1.165, 1.54) is 10.5 Å². The summed E-state index contributed by atoms with van der Waals surface area (Å²) in [6.07, 6.45) is 0. The van der Waals surface area contributed by atoms with Crippen molar-refractivity contribution in [3.8, 4) is 5.75 Å². The van der Waals surface area contributed by atoms with Crippen molar-refractivity contribution in [3.05, 3.63) is 53.1 Å². The molecule has 1 aliphatic rings. The van der Waals surface area contributed by atoms with Crippen LogP contribution in [0.15, 0.2) is 42.5 Å². The Bertz CT molecular complexity index is 838. The third-order valence-corrected chi connectivity index (χ3v) is 5.58. The summed E-state index contributed by atoms with van der Waals surface area (Å²) in [6.45, 7) is 10.6. The zero-order chi connectivity index (χ0) is 21.0. The van der Waals surface area contributed by atoms with Gasteiger partial charge in [-0.2, -0.15) is 0 Å². The number of piperazine rings is 1. The number of likely N-dealkylation sites (N-methyl/N-ethyl adjacent to an activating group) is 1. The van der Waals surface area contributed by atoms with Crippen LogP contribution in [0.4, 0.5) is 11.4 Å². The van der Waals surface area contributed by atoms with Gasteiger partial charge in [0.05, 0.1) is 43.9 Å². The largest absolute Gasteiger partial charge is 0.484 e. The van der Waals surface area contributed by atoms with E-state index >= 15 is 0 Å². The summed E-state index contributed by atoms with van der Waals surface area (Å²) < 4.78 is 5.61. The standard InChI is InChI=1S/C23H30ClN3O2/c1-23(2,3)17-5-8-19(9-6-17)29-16-22(28)25-18-7-10-21(20(24)15-18)27-13-11-26(4)12-14-27/h5-10,15H,11-14,16H2,1-4H3,(H,25,28)/p+1. The highest BCUT2D eigenvalue weighted by atomic mass is 35.5. The molecular formula is C23H31ClN3O2+. The van der Waals surface area contributed by atoms with E-state index < -0.39 is 0 Å². The van der Waals surface area contributed by atoms with Crippen molar-refractivity contribution in [3.63, 3.8) is 0 Å². The molecule has 156 valence electrons. The molecule has 0 radical (unpaired) electrons. The van der Waals surface area contributed by atoms with Crippen LogP contribution in [0.2, 0.25) is 5.02 Å². The number of benzene rings is 2. The number of amides is 1. The fourth-order valence-corrected chi connectivity index (χ4v) is 3.67. The third kappa shape index (κ3) is 5.87. The van der Waals surface area contributed by atoms with Crippen LogP contribution in [0.25, 0.3) is 0 Å². The molecule has 29 heavy (non-hydrogen) atoms. The second kappa shape index (κ2) is 9.06. The normalized spacial score (nSPS) is 15.3. The predicted molar refractivity (Wildman–Crippen MR) is 120 cm³/mol.